The number of nitrogens with zero attached hydrogens (tertiary/aromatic N) is 2. The Bertz CT molecular complexity index is 875. The van der Waals surface area contributed by atoms with Crippen LogP contribution in [0, 0.1) is 0 Å². The zero-order valence-corrected chi connectivity index (χ0v) is 20.3. The van der Waals surface area contributed by atoms with Gasteiger partial charge in [0.05, 0.1) is 6.61 Å². The Balaban J connectivity index is 1.32. The molecule has 1 heterocycles. The van der Waals surface area contributed by atoms with E-state index in [1.807, 2.05) is 36.7 Å². The highest BCUT2D eigenvalue weighted by Gasteiger charge is 2.03. The lowest BCUT2D eigenvalue weighted by molar-refractivity contribution is 0.307. The molecule has 176 valence electrons. The Morgan fingerprint density at radius 3 is 1.91 bits per heavy atom. The highest BCUT2D eigenvalue weighted by Crippen LogP contribution is 2.20. The minimum atomic E-state index is 0.746. The first-order chi connectivity index (χ1) is 16.3. The maximum atomic E-state index is 5.90. The summed E-state index contributed by atoms with van der Waals surface area (Å²) in [6.45, 7) is 3.02. The molecule has 0 unspecified atom stereocenters. The van der Waals surface area contributed by atoms with Gasteiger partial charge < -0.3 is 4.74 Å². The number of aryl methyl sites for hydroxylation is 2. The fourth-order valence-corrected chi connectivity index (χ4v) is 4.06. The van der Waals surface area contributed by atoms with E-state index in [1.54, 1.807) is 0 Å². The van der Waals surface area contributed by atoms with Crippen LogP contribution >= 0.6 is 0 Å². The van der Waals surface area contributed by atoms with Crippen LogP contribution in [0.1, 0.15) is 82.3 Å². The first-order valence-corrected chi connectivity index (χ1v) is 12.9. The third kappa shape index (κ3) is 9.77. The summed E-state index contributed by atoms with van der Waals surface area (Å²) in [6, 6.07) is 18.8. The third-order valence-corrected chi connectivity index (χ3v) is 6.11. The SMILES string of the molecule is CCCCCCCCCCc1cnc(-c2ccc(OCCCCc3ccccc3)cc2)nc1. The maximum Gasteiger partial charge on any atom is 0.159 e. The summed E-state index contributed by atoms with van der Waals surface area (Å²) < 4.78 is 5.90. The Morgan fingerprint density at radius 2 is 1.21 bits per heavy atom. The van der Waals surface area contributed by atoms with Crippen molar-refractivity contribution in [3.63, 3.8) is 0 Å². The van der Waals surface area contributed by atoms with Crippen molar-refractivity contribution in [3.05, 3.63) is 78.1 Å². The predicted molar refractivity (Wildman–Crippen MR) is 139 cm³/mol. The van der Waals surface area contributed by atoms with Gasteiger partial charge in [-0.1, -0.05) is 82.2 Å². The van der Waals surface area contributed by atoms with Gasteiger partial charge in [0.2, 0.25) is 0 Å². The molecule has 0 radical (unpaired) electrons. The number of rotatable bonds is 16. The smallest absolute Gasteiger partial charge is 0.159 e. The van der Waals surface area contributed by atoms with Gasteiger partial charge in [-0.05, 0) is 67.5 Å². The van der Waals surface area contributed by atoms with Gasteiger partial charge in [0.25, 0.3) is 0 Å². The minimum Gasteiger partial charge on any atom is -0.494 e. The summed E-state index contributed by atoms with van der Waals surface area (Å²) >= 11 is 0. The van der Waals surface area contributed by atoms with Gasteiger partial charge in [-0.15, -0.1) is 0 Å². The molecule has 0 bridgehead atoms. The maximum absolute atomic E-state index is 5.90. The Morgan fingerprint density at radius 1 is 0.606 bits per heavy atom. The molecule has 0 aliphatic carbocycles. The monoisotopic (exact) mass is 444 g/mol. The minimum absolute atomic E-state index is 0.746. The van der Waals surface area contributed by atoms with Crippen LogP contribution < -0.4 is 4.74 Å². The van der Waals surface area contributed by atoms with Crippen LogP contribution in [0.5, 0.6) is 5.75 Å². The van der Waals surface area contributed by atoms with Crippen LogP contribution in [-0.2, 0) is 12.8 Å². The van der Waals surface area contributed by atoms with Crippen molar-refractivity contribution in [3.8, 4) is 17.1 Å². The summed E-state index contributed by atoms with van der Waals surface area (Å²) in [6.07, 6.45) is 19.1. The van der Waals surface area contributed by atoms with Gasteiger partial charge in [0, 0.05) is 18.0 Å². The van der Waals surface area contributed by atoms with Gasteiger partial charge in [0.15, 0.2) is 5.82 Å². The number of ether oxygens (including phenoxy) is 1. The Labute approximate surface area is 200 Å². The largest absolute Gasteiger partial charge is 0.494 e. The van der Waals surface area contributed by atoms with Crippen molar-refractivity contribution >= 4 is 0 Å². The molecule has 2 aromatic carbocycles. The van der Waals surface area contributed by atoms with E-state index in [2.05, 4.69) is 47.2 Å². The van der Waals surface area contributed by atoms with E-state index in [1.165, 1.54) is 62.5 Å². The fourth-order valence-electron chi connectivity index (χ4n) is 4.06. The molecule has 3 heteroatoms. The van der Waals surface area contributed by atoms with E-state index in [0.717, 1.165) is 49.4 Å². The lowest BCUT2D eigenvalue weighted by Gasteiger charge is -2.08. The number of unbranched alkanes of at least 4 members (excludes halogenated alkanes) is 8. The molecule has 3 rings (SSSR count). The van der Waals surface area contributed by atoms with Gasteiger partial charge in [-0.25, -0.2) is 9.97 Å². The molecule has 0 aliphatic heterocycles. The lowest BCUT2D eigenvalue weighted by Crippen LogP contribution is -1.98. The molecule has 0 fully saturated rings. The van der Waals surface area contributed by atoms with Gasteiger partial charge >= 0.3 is 0 Å². The molecule has 3 nitrogen and oxygen atoms in total. The van der Waals surface area contributed by atoms with Crippen LogP contribution in [0.2, 0.25) is 0 Å². The second-order valence-corrected chi connectivity index (χ2v) is 8.96. The zero-order chi connectivity index (χ0) is 23.0. The molecular formula is C30H40N2O. The van der Waals surface area contributed by atoms with Crippen LogP contribution in [-0.4, -0.2) is 16.6 Å². The third-order valence-electron chi connectivity index (χ3n) is 6.11. The van der Waals surface area contributed by atoms with Gasteiger partial charge in [0.1, 0.15) is 5.75 Å². The van der Waals surface area contributed by atoms with Gasteiger partial charge in [-0.2, -0.15) is 0 Å². The number of benzene rings is 2. The molecule has 0 spiro atoms. The summed E-state index contributed by atoms with van der Waals surface area (Å²) in [5, 5.41) is 0. The van der Waals surface area contributed by atoms with Gasteiger partial charge in [-0.3, -0.25) is 0 Å². The molecule has 3 aromatic rings. The van der Waals surface area contributed by atoms with Crippen LogP contribution in [0.25, 0.3) is 11.4 Å². The molecule has 0 amide bonds. The zero-order valence-electron chi connectivity index (χ0n) is 20.3. The van der Waals surface area contributed by atoms with E-state index in [4.69, 9.17) is 4.74 Å². The highest BCUT2D eigenvalue weighted by atomic mass is 16.5. The number of hydrogen-bond donors (Lipinski definition) is 0. The van der Waals surface area contributed by atoms with Crippen molar-refractivity contribution in [1.29, 1.82) is 0 Å². The van der Waals surface area contributed by atoms with E-state index >= 15 is 0 Å². The van der Waals surface area contributed by atoms with Crippen LogP contribution in [0.15, 0.2) is 67.0 Å². The molecule has 0 N–H and O–H groups in total. The Hall–Kier alpha value is -2.68. The van der Waals surface area contributed by atoms with Crippen molar-refractivity contribution < 1.29 is 4.74 Å². The van der Waals surface area contributed by atoms with Crippen LogP contribution in [0.3, 0.4) is 0 Å². The average molecular weight is 445 g/mol. The fraction of sp³-hybridized carbons (Fsp3) is 0.467. The van der Waals surface area contributed by atoms with Crippen LogP contribution in [0.4, 0.5) is 0 Å². The van der Waals surface area contributed by atoms with E-state index < -0.39 is 0 Å². The topological polar surface area (TPSA) is 35.0 Å². The molecule has 0 saturated carbocycles. The normalized spacial score (nSPS) is 10.9. The van der Waals surface area contributed by atoms with E-state index in [-0.39, 0.29) is 0 Å². The van der Waals surface area contributed by atoms with Crippen molar-refractivity contribution in [2.24, 2.45) is 0 Å². The number of hydrogen-bond acceptors (Lipinski definition) is 3. The number of aromatic nitrogens is 2. The second kappa shape index (κ2) is 15.2. The van der Waals surface area contributed by atoms with Crippen molar-refractivity contribution in [2.75, 3.05) is 6.61 Å². The first-order valence-electron chi connectivity index (χ1n) is 12.9. The molecule has 33 heavy (non-hydrogen) atoms. The van der Waals surface area contributed by atoms with Crippen molar-refractivity contribution in [1.82, 2.24) is 9.97 Å². The standard InChI is InChI=1S/C30H40N2O/c1-2-3-4-5-6-7-8-10-18-27-24-31-30(32-25-27)28-19-21-29(22-20-28)33-23-14-13-17-26-15-11-9-12-16-26/h9,11-12,15-16,19-22,24-25H,2-8,10,13-14,17-18,23H2,1H3. The predicted octanol–water partition coefficient (Wildman–Crippen LogP) is 8.23. The molecule has 1 aromatic heterocycles. The summed E-state index contributed by atoms with van der Waals surface area (Å²) in [7, 11) is 0. The summed E-state index contributed by atoms with van der Waals surface area (Å²) in [5.74, 6) is 1.69. The second-order valence-electron chi connectivity index (χ2n) is 8.96. The molecule has 0 aliphatic rings. The lowest BCUT2D eigenvalue weighted by atomic mass is 10.1. The van der Waals surface area contributed by atoms with Crippen molar-refractivity contribution in [2.45, 2.75) is 84.0 Å². The summed E-state index contributed by atoms with van der Waals surface area (Å²) in [5.41, 5.74) is 3.66. The van der Waals surface area contributed by atoms with E-state index in [9.17, 15) is 0 Å². The highest BCUT2D eigenvalue weighted by molar-refractivity contribution is 5.55. The first kappa shape index (κ1) is 25.0. The summed E-state index contributed by atoms with van der Waals surface area (Å²) in [4.78, 5) is 9.18. The average Bonchev–Trinajstić information content (AvgIpc) is 2.87. The quantitative estimate of drug-likeness (QED) is 0.209. The Kier molecular flexibility index (Phi) is 11.5. The molecular weight excluding hydrogens is 404 g/mol. The van der Waals surface area contributed by atoms with E-state index in [0.29, 0.717) is 0 Å². The molecule has 0 saturated heterocycles. The molecule has 0 atom stereocenters.